The number of carbonyl (C=O) groups is 2. The van der Waals surface area contributed by atoms with E-state index in [1.807, 2.05) is 12.1 Å². The van der Waals surface area contributed by atoms with Crippen LogP contribution in [0.2, 0.25) is 0 Å². The Morgan fingerprint density at radius 3 is 2.27 bits per heavy atom. The molecule has 0 aliphatic carbocycles. The molecular formula is C16H18N2O3S. The highest BCUT2D eigenvalue weighted by Gasteiger charge is 2.36. The lowest BCUT2D eigenvalue weighted by molar-refractivity contribution is -0.126. The van der Waals surface area contributed by atoms with Crippen molar-refractivity contribution in [2.24, 2.45) is 0 Å². The van der Waals surface area contributed by atoms with Crippen LogP contribution in [0.4, 0.5) is 0 Å². The molecule has 1 aliphatic heterocycles. The zero-order chi connectivity index (χ0) is 16.4. The molecule has 116 valence electrons. The average Bonchev–Trinajstić information content (AvgIpc) is 2.45. The van der Waals surface area contributed by atoms with Crippen LogP contribution in [0.15, 0.2) is 35.5 Å². The van der Waals surface area contributed by atoms with E-state index in [0.717, 1.165) is 5.56 Å². The molecule has 1 N–H and O–H groups in total. The van der Waals surface area contributed by atoms with Crippen molar-refractivity contribution < 1.29 is 14.3 Å². The summed E-state index contributed by atoms with van der Waals surface area (Å²) in [6, 6.07) is 6.75. The van der Waals surface area contributed by atoms with Gasteiger partial charge in [0.25, 0.3) is 0 Å². The van der Waals surface area contributed by atoms with Gasteiger partial charge in [-0.15, -0.1) is 0 Å². The summed E-state index contributed by atoms with van der Waals surface area (Å²) < 4.78 is 5.15. The molecule has 0 radical (unpaired) electrons. The summed E-state index contributed by atoms with van der Waals surface area (Å²) >= 11 is 5.27. The number of rotatable bonds is 3. The van der Waals surface area contributed by atoms with Crippen LogP contribution in [-0.4, -0.2) is 28.8 Å². The molecule has 1 atom stereocenters. The molecule has 0 spiro atoms. The Hall–Kier alpha value is -2.21. The zero-order valence-electron chi connectivity index (χ0n) is 13.0. The molecule has 22 heavy (non-hydrogen) atoms. The minimum Gasteiger partial charge on any atom is -0.497 e. The Kier molecular flexibility index (Phi) is 4.61. The van der Waals surface area contributed by atoms with Gasteiger partial charge in [-0.3, -0.25) is 14.5 Å². The number of nitrogens with zero attached hydrogens (tertiary/aromatic N) is 1. The van der Waals surface area contributed by atoms with Gasteiger partial charge in [0.1, 0.15) is 5.75 Å². The first-order valence-electron chi connectivity index (χ1n) is 6.83. The summed E-state index contributed by atoms with van der Waals surface area (Å²) in [5.41, 5.74) is 2.02. The third kappa shape index (κ3) is 2.87. The number of allylic oxidation sites excluding steroid dienone is 1. The van der Waals surface area contributed by atoms with E-state index in [0.29, 0.717) is 22.1 Å². The highest BCUT2D eigenvalue weighted by Crippen LogP contribution is 2.34. The molecule has 2 rings (SSSR count). The highest BCUT2D eigenvalue weighted by atomic mass is 32.1. The van der Waals surface area contributed by atoms with E-state index in [9.17, 15) is 9.59 Å². The van der Waals surface area contributed by atoms with E-state index in [-0.39, 0.29) is 11.7 Å². The number of hydrogen-bond donors (Lipinski definition) is 1. The van der Waals surface area contributed by atoms with Crippen molar-refractivity contribution in [3.63, 3.8) is 0 Å². The van der Waals surface area contributed by atoms with Crippen LogP contribution in [-0.2, 0) is 9.59 Å². The summed E-state index contributed by atoms with van der Waals surface area (Å²) in [5, 5.41) is 3.24. The first-order chi connectivity index (χ1) is 10.4. The fourth-order valence-electron chi connectivity index (χ4n) is 2.62. The Labute approximate surface area is 134 Å². The third-order valence-corrected chi connectivity index (χ3v) is 3.90. The molecule has 6 heteroatoms. The number of ether oxygens (including phenoxy) is 1. The molecule has 0 bridgehead atoms. The summed E-state index contributed by atoms with van der Waals surface area (Å²) in [6.45, 7) is 4.71. The van der Waals surface area contributed by atoms with Gasteiger partial charge in [0, 0.05) is 18.2 Å². The number of hydrogen-bond acceptors (Lipinski definition) is 4. The minimum atomic E-state index is -0.519. The Morgan fingerprint density at radius 2 is 1.82 bits per heavy atom. The van der Waals surface area contributed by atoms with Gasteiger partial charge in [-0.2, -0.15) is 0 Å². The van der Waals surface area contributed by atoms with Gasteiger partial charge < -0.3 is 10.1 Å². The zero-order valence-corrected chi connectivity index (χ0v) is 13.8. The molecule has 1 aliphatic rings. The van der Waals surface area contributed by atoms with Gasteiger partial charge in [-0.25, -0.2) is 0 Å². The van der Waals surface area contributed by atoms with Crippen molar-refractivity contribution in [1.82, 2.24) is 10.2 Å². The van der Waals surface area contributed by atoms with Gasteiger partial charge in [0.05, 0.1) is 13.2 Å². The van der Waals surface area contributed by atoms with E-state index >= 15 is 0 Å². The maximum atomic E-state index is 12.1. The lowest BCUT2D eigenvalue weighted by Crippen LogP contribution is -2.50. The molecule has 0 aromatic heterocycles. The fourth-order valence-corrected chi connectivity index (χ4v) is 3.01. The molecule has 5 nitrogen and oxygen atoms in total. The van der Waals surface area contributed by atoms with Crippen LogP contribution < -0.4 is 10.1 Å². The maximum absolute atomic E-state index is 12.1. The minimum absolute atomic E-state index is 0.0976. The number of methoxy groups -OCH3 is 1. The van der Waals surface area contributed by atoms with Crippen LogP contribution in [0.5, 0.6) is 5.75 Å². The van der Waals surface area contributed by atoms with E-state index in [4.69, 9.17) is 17.0 Å². The average molecular weight is 318 g/mol. The maximum Gasteiger partial charge on any atom is 0.226 e. The van der Waals surface area contributed by atoms with Crippen LogP contribution in [0.25, 0.3) is 0 Å². The Balaban J connectivity index is 2.60. The monoisotopic (exact) mass is 318 g/mol. The Bertz CT molecular complexity index is 664. The lowest BCUT2D eigenvalue weighted by atomic mass is 9.91. The van der Waals surface area contributed by atoms with Crippen LogP contribution in [0.1, 0.15) is 32.4 Å². The molecule has 1 heterocycles. The van der Waals surface area contributed by atoms with Crippen LogP contribution in [0.3, 0.4) is 0 Å². The Morgan fingerprint density at radius 1 is 1.23 bits per heavy atom. The van der Waals surface area contributed by atoms with Crippen molar-refractivity contribution in [2.45, 2.75) is 26.8 Å². The topological polar surface area (TPSA) is 58.6 Å². The molecule has 0 unspecified atom stereocenters. The van der Waals surface area contributed by atoms with Crippen LogP contribution >= 0.6 is 12.2 Å². The van der Waals surface area contributed by atoms with Crippen LogP contribution in [0, 0.1) is 0 Å². The fraction of sp³-hybridized carbons (Fsp3) is 0.312. The van der Waals surface area contributed by atoms with Crippen molar-refractivity contribution in [1.29, 1.82) is 0 Å². The second kappa shape index (κ2) is 6.27. The quantitative estimate of drug-likeness (QED) is 0.867. The second-order valence-electron chi connectivity index (χ2n) is 5.09. The number of carbonyl (C=O) groups excluding carboxylic acids is 2. The number of amides is 1. The molecule has 0 saturated heterocycles. The van der Waals surface area contributed by atoms with Crippen molar-refractivity contribution >= 4 is 29.0 Å². The largest absolute Gasteiger partial charge is 0.497 e. The van der Waals surface area contributed by atoms with Gasteiger partial charge in [0.2, 0.25) is 5.91 Å². The summed E-state index contributed by atoms with van der Waals surface area (Å²) in [4.78, 5) is 25.5. The predicted octanol–water partition coefficient (Wildman–Crippen LogP) is 2.34. The molecule has 0 saturated carbocycles. The lowest BCUT2D eigenvalue weighted by Gasteiger charge is -2.38. The molecule has 1 aromatic carbocycles. The van der Waals surface area contributed by atoms with E-state index in [1.165, 1.54) is 18.7 Å². The van der Waals surface area contributed by atoms with Gasteiger partial charge in [-0.05, 0) is 43.8 Å². The van der Waals surface area contributed by atoms with Crippen molar-refractivity contribution in [3.05, 3.63) is 41.1 Å². The molecular weight excluding hydrogens is 300 g/mol. The summed E-state index contributed by atoms with van der Waals surface area (Å²) in [7, 11) is 1.58. The summed E-state index contributed by atoms with van der Waals surface area (Å²) in [5.74, 6) is 0.392. The normalized spacial score (nSPS) is 18.1. The number of thiocarbonyl (C=S) groups is 1. The first kappa shape index (κ1) is 16.2. The SMILES string of the molecule is COc1ccc([C@H]2C(C(C)=O)=C(C)NC(=S)N2C(C)=O)cc1. The molecule has 0 fully saturated rings. The van der Waals surface area contributed by atoms with E-state index < -0.39 is 6.04 Å². The van der Waals surface area contributed by atoms with E-state index in [2.05, 4.69) is 5.32 Å². The molecule has 1 aromatic rings. The second-order valence-corrected chi connectivity index (χ2v) is 5.48. The van der Waals surface area contributed by atoms with Gasteiger partial charge in [0.15, 0.2) is 10.9 Å². The highest BCUT2D eigenvalue weighted by molar-refractivity contribution is 7.80. The van der Waals surface area contributed by atoms with Crippen molar-refractivity contribution in [2.75, 3.05) is 7.11 Å². The summed E-state index contributed by atoms with van der Waals surface area (Å²) in [6.07, 6.45) is 0. The molecule has 1 amide bonds. The van der Waals surface area contributed by atoms with Gasteiger partial charge in [-0.1, -0.05) is 12.1 Å². The number of nitrogens with one attached hydrogen (secondary N) is 1. The van der Waals surface area contributed by atoms with Gasteiger partial charge >= 0.3 is 0 Å². The van der Waals surface area contributed by atoms with E-state index in [1.54, 1.807) is 26.2 Å². The van der Waals surface area contributed by atoms with Crippen molar-refractivity contribution in [3.8, 4) is 5.75 Å². The number of Topliss-reactive ketones (excluding diaryl/α,β-unsaturated/α-hetero) is 1. The number of benzene rings is 1. The third-order valence-electron chi connectivity index (χ3n) is 3.60. The first-order valence-corrected chi connectivity index (χ1v) is 7.24. The number of ketones is 1. The standard InChI is InChI=1S/C16H18N2O3S/c1-9-14(10(2)19)15(18(11(3)20)16(22)17-9)12-5-7-13(21-4)8-6-12/h5-8,15H,1-4H3,(H,17,22)/t15-/m0/s1. The predicted molar refractivity (Wildman–Crippen MR) is 87.4 cm³/mol. The smallest absolute Gasteiger partial charge is 0.226 e.